The third-order valence-corrected chi connectivity index (χ3v) is 7.47. The van der Waals surface area contributed by atoms with Gasteiger partial charge in [-0.1, -0.05) is 6.07 Å². The fourth-order valence-electron chi connectivity index (χ4n) is 2.57. The first-order valence-electron chi connectivity index (χ1n) is 8.17. The SMILES string of the molecule is CN(CCC#N)C(=O)COC(=O)C1CCN(S(=O)(=O)c2cccs2)CC1. The standard InChI is InChI=1S/C16H21N3O5S2/c1-18(8-3-7-17)14(20)12-24-16(21)13-5-9-19(10-6-13)26(22,23)15-4-2-11-25-15/h2,4,11,13H,3,5-6,8-10,12H2,1H3. The quantitative estimate of drug-likeness (QED) is 0.635. The Balaban J connectivity index is 1.80. The normalized spacial score (nSPS) is 16.0. The summed E-state index contributed by atoms with van der Waals surface area (Å²) in [5.74, 6) is -1.27. The Morgan fingerprint density at radius 1 is 1.42 bits per heavy atom. The molecule has 26 heavy (non-hydrogen) atoms. The molecular formula is C16H21N3O5S2. The average Bonchev–Trinajstić information content (AvgIpc) is 3.19. The van der Waals surface area contributed by atoms with Crippen LogP contribution >= 0.6 is 11.3 Å². The first-order chi connectivity index (χ1) is 12.4. The maximum absolute atomic E-state index is 12.4. The van der Waals surface area contributed by atoms with Gasteiger partial charge in [-0.05, 0) is 24.3 Å². The molecule has 0 saturated carbocycles. The van der Waals surface area contributed by atoms with E-state index in [1.807, 2.05) is 6.07 Å². The van der Waals surface area contributed by atoms with Crippen molar-refractivity contribution >= 4 is 33.2 Å². The topological polar surface area (TPSA) is 108 Å². The van der Waals surface area contributed by atoms with E-state index >= 15 is 0 Å². The number of thiophene rings is 1. The number of carbonyl (C=O) groups excluding carboxylic acids is 2. The van der Waals surface area contributed by atoms with Crippen molar-refractivity contribution in [2.45, 2.75) is 23.5 Å². The van der Waals surface area contributed by atoms with E-state index in [-0.39, 0.29) is 38.6 Å². The van der Waals surface area contributed by atoms with Gasteiger partial charge >= 0.3 is 5.97 Å². The monoisotopic (exact) mass is 399 g/mol. The Bertz CT molecular complexity index is 762. The maximum Gasteiger partial charge on any atom is 0.309 e. The van der Waals surface area contributed by atoms with Crippen LogP contribution in [0.3, 0.4) is 0 Å². The lowest BCUT2D eigenvalue weighted by Crippen LogP contribution is -2.41. The molecule has 2 rings (SSSR count). The van der Waals surface area contributed by atoms with Gasteiger partial charge in [0, 0.05) is 26.7 Å². The van der Waals surface area contributed by atoms with E-state index in [0.29, 0.717) is 17.1 Å². The summed E-state index contributed by atoms with van der Waals surface area (Å²) >= 11 is 1.17. The number of hydrogen-bond donors (Lipinski definition) is 0. The second kappa shape index (κ2) is 9.12. The summed E-state index contributed by atoms with van der Waals surface area (Å²) in [7, 11) is -1.96. The second-order valence-electron chi connectivity index (χ2n) is 5.94. The molecule has 0 atom stereocenters. The van der Waals surface area contributed by atoms with Gasteiger partial charge in [0.15, 0.2) is 6.61 Å². The van der Waals surface area contributed by atoms with Crippen LogP contribution in [-0.4, -0.2) is 62.8 Å². The number of carbonyl (C=O) groups is 2. The number of likely N-dealkylation sites (N-methyl/N-ethyl adjacent to an activating group) is 1. The van der Waals surface area contributed by atoms with Gasteiger partial charge in [0.1, 0.15) is 4.21 Å². The molecular weight excluding hydrogens is 378 g/mol. The van der Waals surface area contributed by atoms with Crippen LogP contribution in [0.25, 0.3) is 0 Å². The Hall–Kier alpha value is -1.96. The summed E-state index contributed by atoms with van der Waals surface area (Å²) in [6.45, 7) is 0.409. The fourth-order valence-corrected chi connectivity index (χ4v) is 5.19. The van der Waals surface area contributed by atoms with Gasteiger partial charge in [-0.3, -0.25) is 9.59 Å². The molecule has 0 bridgehead atoms. The Morgan fingerprint density at radius 3 is 2.69 bits per heavy atom. The van der Waals surface area contributed by atoms with Crippen LogP contribution in [0.15, 0.2) is 21.7 Å². The van der Waals surface area contributed by atoms with Gasteiger partial charge in [-0.2, -0.15) is 9.57 Å². The zero-order chi connectivity index (χ0) is 19.2. The lowest BCUT2D eigenvalue weighted by molar-refractivity contribution is -0.156. The van der Waals surface area contributed by atoms with Gasteiger partial charge in [0.25, 0.3) is 15.9 Å². The third-order valence-electron chi connectivity index (χ3n) is 4.20. The largest absolute Gasteiger partial charge is 0.455 e. The molecule has 1 aromatic rings. The summed E-state index contributed by atoms with van der Waals surface area (Å²) in [5, 5.41) is 10.2. The highest BCUT2D eigenvalue weighted by Gasteiger charge is 2.33. The first kappa shape index (κ1) is 20.4. The van der Waals surface area contributed by atoms with Gasteiger partial charge in [0.2, 0.25) is 0 Å². The van der Waals surface area contributed by atoms with Crippen molar-refractivity contribution in [3.63, 3.8) is 0 Å². The highest BCUT2D eigenvalue weighted by molar-refractivity contribution is 7.91. The van der Waals surface area contributed by atoms with Crippen LogP contribution in [0.1, 0.15) is 19.3 Å². The van der Waals surface area contributed by atoms with Crippen LogP contribution in [-0.2, 0) is 24.3 Å². The predicted octanol–water partition coefficient (Wildman–Crippen LogP) is 1.06. The molecule has 1 saturated heterocycles. The van der Waals surface area contributed by atoms with Gasteiger partial charge in [-0.15, -0.1) is 11.3 Å². The van der Waals surface area contributed by atoms with Crippen molar-refractivity contribution in [2.75, 3.05) is 33.3 Å². The molecule has 8 nitrogen and oxygen atoms in total. The molecule has 1 amide bonds. The predicted molar refractivity (Wildman–Crippen MR) is 94.6 cm³/mol. The lowest BCUT2D eigenvalue weighted by Gasteiger charge is -2.29. The molecule has 142 valence electrons. The first-order valence-corrected chi connectivity index (χ1v) is 10.5. The van der Waals surface area contributed by atoms with E-state index < -0.39 is 21.9 Å². The number of sulfonamides is 1. The molecule has 1 aliphatic heterocycles. The molecule has 0 aromatic carbocycles. The van der Waals surface area contributed by atoms with Crippen LogP contribution < -0.4 is 0 Å². The minimum absolute atomic E-state index is 0.216. The van der Waals surface area contributed by atoms with Crippen molar-refractivity contribution in [2.24, 2.45) is 5.92 Å². The number of ether oxygens (including phenoxy) is 1. The highest BCUT2D eigenvalue weighted by Crippen LogP contribution is 2.26. The number of esters is 1. The summed E-state index contributed by atoms with van der Waals surface area (Å²) in [6, 6.07) is 5.19. The van der Waals surface area contributed by atoms with Crippen LogP contribution in [0.4, 0.5) is 0 Å². The molecule has 1 aliphatic rings. The van der Waals surface area contributed by atoms with E-state index in [2.05, 4.69) is 0 Å². The van der Waals surface area contributed by atoms with Gasteiger partial charge in [0.05, 0.1) is 18.4 Å². The van der Waals surface area contributed by atoms with E-state index in [4.69, 9.17) is 10.00 Å². The van der Waals surface area contributed by atoms with Crippen LogP contribution in [0.5, 0.6) is 0 Å². The van der Waals surface area contributed by atoms with E-state index in [1.54, 1.807) is 24.6 Å². The third kappa shape index (κ3) is 5.03. The highest BCUT2D eigenvalue weighted by atomic mass is 32.2. The second-order valence-corrected chi connectivity index (χ2v) is 9.05. The van der Waals surface area contributed by atoms with Gasteiger partial charge in [-0.25, -0.2) is 8.42 Å². The van der Waals surface area contributed by atoms with Crippen LogP contribution in [0.2, 0.25) is 0 Å². The molecule has 2 heterocycles. The molecule has 0 radical (unpaired) electrons. The smallest absolute Gasteiger partial charge is 0.309 e. The van der Waals surface area contributed by atoms with E-state index in [0.717, 1.165) is 0 Å². The summed E-state index contributed by atoms with van der Waals surface area (Å²) in [6.07, 6.45) is 0.942. The molecule has 1 fully saturated rings. The van der Waals surface area contributed by atoms with Crippen molar-refractivity contribution < 1.29 is 22.7 Å². The van der Waals surface area contributed by atoms with Crippen LogP contribution in [0, 0.1) is 17.2 Å². The van der Waals surface area contributed by atoms with E-state index in [1.165, 1.54) is 20.5 Å². The molecule has 0 aliphatic carbocycles. The minimum atomic E-state index is -3.50. The maximum atomic E-state index is 12.4. The Kier molecular flexibility index (Phi) is 7.14. The zero-order valence-electron chi connectivity index (χ0n) is 14.5. The van der Waals surface area contributed by atoms with Crippen molar-refractivity contribution in [1.29, 1.82) is 5.26 Å². The lowest BCUT2D eigenvalue weighted by atomic mass is 9.98. The minimum Gasteiger partial charge on any atom is -0.455 e. The van der Waals surface area contributed by atoms with E-state index in [9.17, 15) is 18.0 Å². The molecule has 0 unspecified atom stereocenters. The van der Waals surface area contributed by atoms with Crippen molar-refractivity contribution in [3.8, 4) is 6.07 Å². The Morgan fingerprint density at radius 2 is 2.12 bits per heavy atom. The molecule has 0 N–H and O–H groups in total. The zero-order valence-corrected chi connectivity index (χ0v) is 16.1. The number of hydrogen-bond acceptors (Lipinski definition) is 7. The fraction of sp³-hybridized carbons (Fsp3) is 0.562. The molecule has 1 aromatic heterocycles. The molecule has 10 heteroatoms. The number of nitrogens with zero attached hydrogens (tertiary/aromatic N) is 3. The summed E-state index contributed by atoms with van der Waals surface area (Å²) in [4.78, 5) is 25.3. The number of amides is 1. The summed E-state index contributed by atoms with van der Waals surface area (Å²) in [5.41, 5.74) is 0. The van der Waals surface area contributed by atoms with Crippen molar-refractivity contribution in [1.82, 2.24) is 9.21 Å². The number of rotatable bonds is 7. The Labute approximate surface area is 157 Å². The summed E-state index contributed by atoms with van der Waals surface area (Å²) < 4.78 is 31.6. The van der Waals surface area contributed by atoms with Gasteiger partial charge < -0.3 is 9.64 Å². The van der Waals surface area contributed by atoms with Crippen molar-refractivity contribution in [3.05, 3.63) is 17.5 Å². The number of nitriles is 1. The number of piperidine rings is 1. The molecule has 0 spiro atoms. The average molecular weight is 399 g/mol.